The summed E-state index contributed by atoms with van der Waals surface area (Å²) < 4.78 is 1.87. The first kappa shape index (κ1) is 22.9. The van der Waals surface area contributed by atoms with Crippen molar-refractivity contribution in [3.05, 3.63) is 100 Å². The zero-order valence-corrected chi connectivity index (χ0v) is 20.3. The van der Waals surface area contributed by atoms with Gasteiger partial charge in [0.05, 0.1) is 18.8 Å². The molecule has 176 valence electrons. The van der Waals surface area contributed by atoms with Crippen molar-refractivity contribution in [2.45, 2.75) is 33.4 Å². The van der Waals surface area contributed by atoms with Crippen LogP contribution in [0.15, 0.2) is 72.8 Å². The zero-order valence-electron chi connectivity index (χ0n) is 19.6. The fraction of sp³-hybridized carbons (Fsp3) is 0.179. The number of hydrogen-bond donors (Lipinski definition) is 1. The van der Waals surface area contributed by atoms with Crippen molar-refractivity contribution < 1.29 is 9.59 Å². The van der Waals surface area contributed by atoms with Gasteiger partial charge in [-0.3, -0.25) is 14.5 Å². The Kier molecular flexibility index (Phi) is 6.14. The lowest BCUT2D eigenvalue weighted by atomic mass is 10.1. The van der Waals surface area contributed by atoms with E-state index in [1.165, 1.54) is 0 Å². The molecule has 0 unspecified atom stereocenters. The Bertz CT molecular complexity index is 1410. The van der Waals surface area contributed by atoms with Crippen LogP contribution in [0, 0.1) is 13.8 Å². The molecule has 0 radical (unpaired) electrons. The minimum atomic E-state index is -0.164. The molecule has 0 saturated carbocycles. The van der Waals surface area contributed by atoms with Gasteiger partial charge in [0.25, 0.3) is 5.91 Å². The van der Waals surface area contributed by atoms with Crippen LogP contribution in [0.1, 0.15) is 33.5 Å². The van der Waals surface area contributed by atoms with Crippen LogP contribution in [0.2, 0.25) is 5.02 Å². The first-order chi connectivity index (χ1) is 16.9. The van der Waals surface area contributed by atoms with Crippen molar-refractivity contribution in [3.63, 3.8) is 0 Å². The summed E-state index contributed by atoms with van der Waals surface area (Å²) >= 11 is 6.01. The van der Waals surface area contributed by atoms with Crippen molar-refractivity contribution in [3.8, 4) is 11.3 Å². The van der Waals surface area contributed by atoms with Gasteiger partial charge in [0.15, 0.2) is 0 Å². The number of benzene rings is 3. The monoisotopic (exact) mass is 484 g/mol. The maximum atomic E-state index is 12.8. The highest BCUT2D eigenvalue weighted by Crippen LogP contribution is 2.30. The number of rotatable bonds is 5. The molecule has 0 fully saturated rings. The Morgan fingerprint density at radius 2 is 1.74 bits per heavy atom. The molecule has 0 bridgehead atoms. The van der Waals surface area contributed by atoms with Crippen molar-refractivity contribution in [2.24, 2.45) is 0 Å². The molecule has 6 nitrogen and oxygen atoms in total. The summed E-state index contributed by atoms with van der Waals surface area (Å²) in [5.41, 5.74) is 6.22. The highest BCUT2D eigenvalue weighted by Gasteiger charge is 2.26. The number of nitrogens with one attached hydrogen (secondary N) is 1. The lowest BCUT2D eigenvalue weighted by Crippen LogP contribution is -2.36. The molecule has 2 amide bonds. The standard InChI is InChI=1S/C28H25ClN4O2/c1-18-3-12-24(19(2)15-18)30-28(35)22-6-4-20(5-7-22)17-32-26-16-25(21-8-10-23(29)11-9-21)31-33(26)14-13-27(32)34/h3-12,15-16H,13-14,17H2,1-2H3,(H,30,35). The first-order valence-electron chi connectivity index (χ1n) is 11.5. The van der Waals surface area contributed by atoms with Crippen molar-refractivity contribution in [2.75, 3.05) is 10.2 Å². The van der Waals surface area contributed by atoms with E-state index in [4.69, 9.17) is 16.7 Å². The van der Waals surface area contributed by atoms with E-state index < -0.39 is 0 Å². The largest absolute Gasteiger partial charge is 0.322 e. The first-order valence-corrected chi connectivity index (χ1v) is 11.9. The molecule has 0 aliphatic carbocycles. The van der Waals surface area contributed by atoms with Crippen LogP contribution in [0.25, 0.3) is 11.3 Å². The number of amides is 2. The lowest BCUT2D eigenvalue weighted by molar-refractivity contribution is -0.119. The van der Waals surface area contributed by atoms with Crippen molar-refractivity contribution in [1.29, 1.82) is 0 Å². The van der Waals surface area contributed by atoms with Gasteiger partial charge in [-0.05, 0) is 55.3 Å². The van der Waals surface area contributed by atoms with Crippen molar-refractivity contribution in [1.82, 2.24) is 9.78 Å². The van der Waals surface area contributed by atoms with Crippen molar-refractivity contribution >= 4 is 34.9 Å². The second-order valence-electron chi connectivity index (χ2n) is 8.82. The molecule has 0 spiro atoms. The molecule has 1 aromatic heterocycles. The predicted molar refractivity (Wildman–Crippen MR) is 139 cm³/mol. The smallest absolute Gasteiger partial charge is 0.255 e. The summed E-state index contributed by atoms with van der Waals surface area (Å²) in [5, 5.41) is 8.33. The van der Waals surface area contributed by atoms with Gasteiger partial charge >= 0.3 is 0 Å². The number of aryl methyl sites for hydroxylation is 3. The zero-order chi connectivity index (χ0) is 24.5. The van der Waals surface area contributed by atoms with Gasteiger partial charge in [0.1, 0.15) is 5.82 Å². The summed E-state index contributed by atoms with van der Waals surface area (Å²) in [4.78, 5) is 27.3. The van der Waals surface area contributed by atoms with Crippen LogP contribution in [-0.2, 0) is 17.9 Å². The summed E-state index contributed by atoms with van der Waals surface area (Å²) in [5.74, 6) is 0.655. The number of anilines is 2. The van der Waals surface area contributed by atoms with E-state index >= 15 is 0 Å². The molecule has 4 aromatic rings. The molecule has 0 atom stereocenters. The predicted octanol–water partition coefficient (Wildman–Crippen LogP) is 6.01. The van der Waals surface area contributed by atoms with Gasteiger partial charge in [-0.2, -0.15) is 5.10 Å². The quantitative estimate of drug-likeness (QED) is 0.377. The normalized spacial score (nSPS) is 13.0. The molecular weight excluding hydrogens is 460 g/mol. The van der Waals surface area contributed by atoms with Crippen LogP contribution in [0.5, 0.6) is 0 Å². The van der Waals surface area contributed by atoms with Gasteiger partial charge in [-0.25, -0.2) is 4.68 Å². The second kappa shape index (κ2) is 9.39. The van der Waals surface area contributed by atoms with E-state index in [0.29, 0.717) is 30.1 Å². The van der Waals surface area contributed by atoms with E-state index in [9.17, 15) is 9.59 Å². The molecule has 7 heteroatoms. The van der Waals surface area contributed by atoms with E-state index in [1.54, 1.807) is 17.0 Å². The van der Waals surface area contributed by atoms with Crippen LogP contribution in [-0.4, -0.2) is 21.6 Å². The third kappa shape index (κ3) is 4.84. The molecule has 1 aliphatic rings. The Labute approximate surface area is 209 Å². The maximum Gasteiger partial charge on any atom is 0.255 e. The molecule has 1 aliphatic heterocycles. The summed E-state index contributed by atoms with van der Waals surface area (Å²) in [6.07, 6.45) is 0.394. The van der Waals surface area contributed by atoms with Gasteiger partial charge in [-0.15, -0.1) is 0 Å². The molecule has 2 heterocycles. The number of nitrogens with zero attached hydrogens (tertiary/aromatic N) is 3. The molecule has 3 aromatic carbocycles. The third-order valence-electron chi connectivity index (χ3n) is 6.20. The van der Waals surface area contributed by atoms with E-state index in [1.807, 2.05) is 79.2 Å². The number of carbonyl (C=O) groups excluding carboxylic acids is 2. The number of fused-ring (bicyclic) bond motifs is 1. The Morgan fingerprint density at radius 1 is 1.00 bits per heavy atom. The molecule has 1 N–H and O–H groups in total. The van der Waals surface area contributed by atoms with E-state index in [-0.39, 0.29) is 11.8 Å². The highest BCUT2D eigenvalue weighted by molar-refractivity contribution is 6.30. The fourth-order valence-corrected chi connectivity index (χ4v) is 4.40. The molecule has 35 heavy (non-hydrogen) atoms. The molecular formula is C28H25ClN4O2. The lowest BCUT2D eigenvalue weighted by Gasteiger charge is -2.27. The number of carbonyl (C=O) groups is 2. The van der Waals surface area contributed by atoms with Crippen LogP contribution < -0.4 is 10.2 Å². The van der Waals surface area contributed by atoms with Crippen LogP contribution >= 0.6 is 11.6 Å². The Hall–Kier alpha value is -3.90. The SMILES string of the molecule is Cc1ccc(NC(=O)c2ccc(CN3C(=O)CCn4nc(-c5ccc(Cl)cc5)cc43)cc2)c(C)c1. The topological polar surface area (TPSA) is 67.2 Å². The summed E-state index contributed by atoms with van der Waals surface area (Å²) in [7, 11) is 0. The van der Waals surface area contributed by atoms with Gasteiger partial charge < -0.3 is 5.32 Å². The average molecular weight is 485 g/mol. The third-order valence-corrected chi connectivity index (χ3v) is 6.45. The minimum absolute atomic E-state index is 0.0525. The average Bonchev–Trinajstić information content (AvgIpc) is 3.28. The fourth-order valence-electron chi connectivity index (χ4n) is 4.28. The highest BCUT2D eigenvalue weighted by atomic mass is 35.5. The number of halogens is 1. The maximum absolute atomic E-state index is 12.8. The van der Waals surface area contributed by atoms with E-state index in [2.05, 4.69) is 5.32 Å². The summed E-state index contributed by atoms with van der Waals surface area (Å²) in [6, 6.07) is 22.7. The second-order valence-corrected chi connectivity index (χ2v) is 9.25. The van der Waals surface area contributed by atoms with Gasteiger partial charge in [-0.1, -0.05) is 53.6 Å². The minimum Gasteiger partial charge on any atom is -0.322 e. The summed E-state index contributed by atoms with van der Waals surface area (Å²) in [6.45, 7) is 4.96. The molecule has 0 saturated heterocycles. The number of hydrogen-bond acceptors (Lipinski definition) is 3. The Morgan fingerprint density at radius 3 is 2.46 bits per heavy atom. The van der Waals surface area contributed by atoms with Crippen LogP contribution in [0.4, 0.5) is 11.5 Å². The van der Waals surface area contributed by atoms with E-state index in [0.717, 1.165) is 39.5 Å². The van der Waals surface area contributed by atoms with Crippen LogP contribution in [0.3, 0.4) is 0 Å². The van der Waals surface area contributed by atoms with Gasteiger partial charge in [0.2, 0.25) is 5.91 Å². The Balaban J connectivity index is 1.32. The molecule has 5 rings (SSSR count). The number of aromatic nitrogens is 2. The van der Waals surface area contributed by atoms with Gasteiger partial charge in [0, 0.05) is 34.3 Å².